The van der Waals surface area contributed by atoms with Crippen LogP contribution in [0, 0.1) is 0 Å². The highest BCUT2D eigenvalue weighted by molar-refractivity contribution is 9.10. The number of halogens is 1. The van der Waals surface area contributed by atoms with E-state index in [9.17, 15) is 9.59 Å². The minimum atomic E-state index is -0.598. The average Bonchev–Trinajstić information content (AvgIpc) is 2.69. The van der Waals surface area contributed by atoms with E-state index in [1.807, 2.05) is 51.1 Å². The molecule has 1 amide bonds. The maximum atomic E-state index is 12.8. The Bertz CT molecular complexity index is 916. The van der Waals surface area contributed by atoms with Crippen molar-refractivity contribution in [2.24, 2.45) is 0 Å². The van der Waals surface area contributed by atoms with Gasteiger partial charge in [-0.3, -0.25) is 4.89 Å². The van der Waals surface area contributed by atoms with Crippen LogP contribution in [0.4, 0.5) is 4.79 Å². The number of carbonyl (C=O) groups is 2. The summed E-state index contributed by atoms with van der Waals surface area (Å²) >= 11 is 3.51. The summed E-state index contributed by atoms with van der Waals surface area (Å²) in [6.07, 6.45) is 0.314. The summed E-state index contributed by atoms with van der Waals surface area (Å²) in [7, 11) is 0. The molecule has 6 nitrogen and oxygen atoms in total. The van der Waals surface area contributed by atoms with Crippen LogP contribution in [0.1, 0.15) is 63.0 Å². The summed E-state index contributed by atoms with van der Waals surface area (Å²) in [6.45, 7) is 11.7. The third-order valence-electron chi connectivity index (χ3n) is 4.18. The zero-order chi connectivity index (χ0) is 23.9. The Morgan fingerprint density at radius 3 is 2.16 bits per heavy atom. The molecule has 2 rings (SSSR count). The molecule has 0 fully saturated rings. The topological polar surface area (TPSA) is 65.1 Å². The third-order valence-corrected chi connectivity index (χ3v) is 4.92. The maximum absolute atomic E-state index is 12.8. The van der Waals surface area contributed by atoms with Crippen molar-refractivity contribution in [2.75, 3.05) is 6.54 Å². The zero-order valence-corrected chi connectivity index (χ0v) is 21.2. The lowest BCUT2D eigenvalue weighted by atomic mass is 10.1. The molecule has 0 aliphatic heterocycles. The minimum Gasteiger partial charge on any atom is -0.444 e. The molecule has 0 aromatic heterocycles. The van der Waals surface area contributed by atoms with Gasteiger partial charge in [-0.05, 0) is 71.2 Å². The first-order valence-electron chi connectivity index (χ1n) is 10.5. The Morgan fingerprint density at radius 1 is 0.938 bits per heavy atom. The van der Waals surface area contributed by atoms with Crippen molar-refractivity contribution in [3.63, 3.8) is 0 Å². The van der Waals surface area contributed by atoms with Crippen molar-refractivity contribution in [2.45, 2.75) is 65.7 Å². The molecule has 0 saturated carbocycles. The molecular formula is C25H32BrNO5. The van der Waals surface area contributed by atoms with E-state index in [0.29, 0.717) is 29.5 Å². The number of nitrogens with zero attached hydrogens (tertiary/aromatic N) is 1. The fourth-order valence-electron chi connectivity index (χ4n) is 2.69. The summed E-state index contributed by atoms with van der Waals surface area (Å²) in [5.74, 6) is -0.583. The van der Waals surface area contributed by atoms with Crippen molar-refractivity contribution < 1.29 is 24.1 Å². The molecule has 0 radical (unpaired) electrons. The monoisotopic (exact) mass is 505 g/mol. The van der Waals surface area contributed by atoms with E-state index in [-0.39, 0.29) is 6.09 Å². The number of hydrogen-bond acceptors (Lipinski definition) is 5. The van der Waals surface area contributed by atoms with Crippen LogP contribution < -0.4 is 0 Å². The van der Waals surface area contributed by atoms with Gasteiger partial charge in [-0.2, -0.15) is 4.89 Å². The largest absolute Gasteiger partial charge is 0.444 e. The first-order valence-corrected chi connectivity index (χ1v) is 11.3. The molecule has 0 spiro atoms. The second-order valence-corrected chi connectivity index (χ2v) is 10.4. The zero-order valence-electron chi connectivity index (χ0n) is 19.6. The van der Waals surface area contributed by atoms with Crippen LogP contribution in [0.25, 0.3) is 0 Å². The van der Waals surface area contributed by atoms with Crippen LogP contribution >= 0.6 is 15.9 Å². The minimum absolute atomic E-state index is 0.330. The molecule has 0 atom stereocenters. The normalized spacial score (nSPS) is 11.7. The van der Waals surface area contributed by atoms with Gasteiger partial charge < -0.3 is 9.64 Å². The molecule has 0 bridgehead atoms. The van der Waals surface area contributed by atoms with E-state index in [4.69, 9.17) is 14.5 Å². The van der Waals surface area contributed by atoms with Crippen molar-refractivity contribution in [1.29, 1.82) is 0 Å². The third kappa shape index (κ3) is 9.01. The van der Waals surface area contributed by atoms with Crippen LogP contribution in [0.5, 0.6) is 0 Å². The summed E-state index contributed by atoms with van der Waals surface area (Å²) in [5.41, 5.74) is 1.13. The molecule has 32 heavy (non-hydrogen) atoms. The van der Waals surface area contributed by atoms with E-state index in [1.54, 1.807) is 43.9 Å². The van der Waals surface area contributed by atoms with Crippen LogP contribution in [-0.4, -0.2) is 34.7 Å². The molecule has 174 valence electrons. The lowest BCUT2D eigenvalue weighted by Crippen LogP contribution is -2.37. The van der Waals surface area contributed by atoms with Crippen LogP contribution in [0.2, 0.25) is 0 Å². The summed E-state index contributed by atoms with van der Waals surface area (Å²) in [4.78, 5) is 36.8. The predicted molar refractivity (Wildman–Crippen MR) is 127 cm³/mol. The van der Waals surface area contributed by atoms with E-state index < -0.39 is 17.2 Å². The Morgan fingerprint density at radius 2 is 1.59 bits per heavy atom. The van der Waals surface area contributed by atoms with Gasteiger partial charge in [-0.15, -0.1) is 0 Å². The van der Waals surface area contributed by atoms with Gasteiger partial charge in [0.1, 0.15) is 11.2 Å². The van der Waals surface area contributed by atoms with Crippen LogP contribution in [-0.2, 0) is 27.5 Å². The summed E-state index contributed by atoms with van der Waals surface area (Å²) in [6, 6.07) is 15.1. The standard InChI is InChI=1S/C25H32BrNO5/c1-24(2,3)30-23(29)27(15-14-18-10-8-7-9-11-18)17-20-13-12-19(16-21(20)26)22(28)31-32-25(4,5)6/h7-13,16H,14-15,17H2,1-6H3. The number of ether oxygens (including phenoxy) is 1. The molecule has 2 aromatic carbocycles. The number of amides is 1. The van der Waals surface area contributed by atoms with Gasteiger partial charge in [0, 0.05) is 11.0 Å². The number of carbonyl (C=O) groups excluding carboxylic acids is 2. The van der Waals surface area contributed by atoms with Gasteiger partial charge >= 0.3 is 12.1 Å². The van der Waals surface area contributed by atoms with Gasteiger partial charge in [0.15, 0.2) is 0 Å². The van der Waals surface area contributed by atoms with Gasteiger partial charge in [-0.1, -0.05) is 52.3 Å². The first-order chi connectivity index (χ1) is 14.8. The molecule has 0 heterocycles. The summed E-state index contributed by atoms with van der Waals surface area (Å²) in [5, 5.41) is 0. The van der Waals surface area contributed by atoms with Crippen molar-refractivity contribution >= 4 is 28.0 Å². The number of hydrogen-bond donors (Lipinski definition) is 0. The quantitative estimate of drug-likeness (QED) is 0.325. The fraction of sp³-hybridized carbons (Fsp3) is 0.440. The molecule has 0 aliphatic rings. The van der Waals surface area contributed by atoms with E-state index in [0.717, 1.165) is 11.1 Å². The smallest absolute Gasteiger partial charge is 0.410 e. The van der Waals surface area contributed by atoms with E-state index in [1.165, 1.54) is 0 Å². The van der Waals surface area contributed by atoms with Crippen molar-refractivity contribution in [3.05, 3.63) is 69.7 Å². The Labute approximate surface area is 198 Å². The molecule has 0 N–H and O–H groups in total. The van der Waals surface area contributed by atoms with Gasteiger partial charge in [0.25, 0.3) is 0 Å². The molecule has 2 aromatic rings. The van der Waals surface area contributed by atoms with Gasteiger partial charge in [0.05, 0.1) is 12.1 Å². The molecule has 0 saturated heterocycles. The SMILES string of the molecule is CC(C)(C)OOC(=O)c1ccc(CN(CCc2ccccc2)C(=O)OC(C)(C)C)c(Br)c1. The molecular weight excluding hydrogens is 474 g/mol. The average molecular weight is 506 g/mol. The highest BCUT2D eigenvalue weighted by Crippen LogP contribution is 2.23. The molecule has 0 aliphatic carbocycles. The Hall–Kier alpha value is -2.38. The lowest BCUT2D eigenvalue weighted by molar-refractivity contribution is -0.301. The molecule has 7 heteroatoms. The highest BCUT2D eigenvalue weighted by Gasteiger charge is 2.23. The van der Waals surface area contributed by atoms with Crippen LogP contribution in [0.3, 0.4) is 0 Å². The second kappa shape index (κ2) is 11.0. The lowest BCUT2D eigenvalue weighted by Gasteiger charge is -2.28. The second-order valence-electron chi connectivity index (χ2n) is 9.51. The van der Waals surface area contributed by atoms with Crippen molar-refractivity contribution in [1.82, 2.24) is 4.90 Å². The van der Waals surface area contributed by atoms with Gasteiger partial charge in [-0.25, -0.2) is 9.59 Å². The number of benzene rings is 2. The highest BCUT2D eigenvalue weighted by atomic mass is 79.9. The van der Waals surface area contributed by atoms with Gasteiger partial charge in [0.2, 0.25) is 0 Å². The summed E-state index contributed by atoms with van der Waals surface area (Å²) < 4.78 is 6.30. The maximum Gasteiger partial charge on any atom is 0.410 e. The Kier molecular flexibility index (Phi) is 8.87. The fourth-order valence-corrected chi connectivity index (χ4v) is 3.19. The Balaban J connectivity index is 2.14. The molecule has 0 unspecified atom stereocenters. The first kappa shape index (κ1) is 25.9. The van der Waals surface area contributed by atoms with E-state index in [2.05, 4.69) is 15.9 Å². The predicted octanol–water partition coefficient (Wildman–Crippen LogP) is 6.32. The van der Waals surface area contributed by atoms with Crippen molar-refractivity contribution in [3.8, 4) is 0 Å². The van der Waals surface area contributed by atoms with Crippen LogP contribution in [0.15, 0.2) is 53.0 Å². The van der Waals surface area contributed by atoms with E-state index >= 15 is 0 Å². The number of rotatable bonds is 7.